The van der Waals surface area contributed by atoms with Gasteiger partial charge in [-0.15, -0.1) is 11.3 Å². The summed E-state index contributed by atoms with van der Waals surface area (Å²) < 4.78 is 12.0. The number of ether oxygens (including phenoxy) is 1. The number of nitrogens with zero attached hydrogens (tertiary/aromatic N) is 1. The number of para-hydroxylation sites is 1. The van der Waals surface area contributed by atoms with E-state index in [0.29, 0.717) is 27.3 Å². The quantitative estimate of drug-likeness (QED) is 0.210. The summed E-state index contributed by atoms with van der Waals surface area (Å²) in [5.74, 6) is -0.220. The number of aromatic nitrogens is 1. The van der Waals surface area contributed by atoms with Crippen molar-refractivity contribution in [2.75, 3.05) is 0 Å². The number of carbonyl (C=O) groups is 1. The molecular weight excluding hydrogens is 410 g/mol. The molecule has 0 aliphatic heterocycles. The molecule has 0 fully saturated rings. The van der Waals surface area contributed by atoms with Crippen molar-refractivity contribution >= 4 is 44.6 Å². The van der Waals surface area contributed by atoms with Crippen LogP contribution in [0.25, 0.3) is 37.8 Å². The van der Waals surface area contributed by atoms with Crippen LogP contribution < -0.4 is 10.2 Å². The monoisotopic (exact) mass is 425 g/mol. The van der Waals surface area contributed by atoms with Gasteiger partial charge < -0.3 is 9.15 Å². The highest BCUT2D eigenvalue weighted by Gasteiger charge is 2.14. The Morgan fingerprint density at radius 1 is 1.00 bits per heavy atom. The molecule has 0 atom stereocenters. The van der Waals surface area contributed by atoms with E-state index in [1.807, 2.05) is 54.6 Å². The Morgan fingerprint density at radius 3 is 2.65 bits per heavy atom. The van der Waals surface area contributed by atoms with Crippen LogP contribution >= 0.6 is 11.3 Å². The minimum Gasteiger partial charge on any atom is -0.463 e. The Labute approximate surface area is 180 Å². The fraction of sp³-hybridized carbons (Fsp3) is 0. The summed E-state index contributed by atoms with van der Waals surface area (Å²) in [5, 5.41) is 1.01. The number of hydrogen-bond donors (Lipinski definition) is 0. The maximum absolute atomic E-state index is 13.0. The first-order valence-electron chi connectivity index (χ1n) is 9.54. The normalized spacial score (nSPS) is 11.4. The Kier molecular flexibility index (Phi) is 4.90. The third-order valence-corrected chi connectivity index (χ3v) is 5.77. The smallest absolute Gasteiger partial charge is 0.336 e. The van der Waals surface area contributed by atoms with E-state index in [-0.39, 0.29) is 5.43 Å². The topological polar surface area (TPSA) is 69.4 Å². The molecule has 0 unspecified atom stereocenters. The summed E-state index contributed by atoms with van der Waals surface area (Å²) in [6.07, 6.45) is 4.43. The molecule has 0 bridgehead atoms. The molecule has 150 valence electrons. The SMILES string of the molecule is O=C(/C=C/c1ccccc1)Oc1ccc2c(=O)c(-c3nc4ccccc4s3)coc2c1. The second kappa shape index (κ2) is 8.01. The zero-order valence-electron chi connectivity index (χ0n) is 16.1. The molecule has 0 spiro atoms. The molecule has 5 rings (SSSR count). The summed E-state index contributed by atoms with van der Waals surface area (Å²) in [6, 6.07) is 21.9. The van der Waals surface area contributed by atoms with Gasteiger partial charge >= 0.3 is 5.97 Å². The average molecular weight is 425 g/mol. The highest BCUT2D eigenvalue weighted by molar-refractivity contribution is 7.21. The number of hydrogen-bond acceptors (Lipinski definition) is 6. The standard InChI is InChI=1S/C25H15NO4S/c27-23(13-10-16-6-2-1-3-7-16)30-17-11-12-18-21(14-17)29-15-19(24(18)28)25-26-20-8-4-5-9-22(20)31-25/h1-15H/b13-10+. The Hall–Kier alpha value is -4.03. The van der Waals surface area contributed by atoms with E-state index in [4.69, 9.17) is 9.15 Å². The number of fused-ring (bicyclic) bond motifs is 2. The van der Waals surface area contributed by atoms with Gasteiger partial charge in [-0.25, -0.2) is 9.78 Å². The van der Waals surface area contributed by atoms with E-state index < -0.39 is 5.97 Å². The largest absolute Gasteiger partial charge is 0.463 e. The van der Waals surface area contributed by atoms with Crippen LogP contribution in [0.5, 0.6) is 5.75 Å². The van der Waals surface area contributed by atoms with E-state index in [0.717, 1.165) is 15.8 Å². The van der Waals surface area contributed by atoms with Crippen LogP contribution in [0.3, 0.4) is 0 Å². The fourth-order valence-corrected chi connectivity index (χ4v) is 4.15. The lowest BCUT2D eigenvalue weighted by Crippen LogP contribution is -2.06. The van der Waals surface area contributed by atoms with Gasteiger partial charge in [0.05, 0.1) is 21.2 Å². The summed E-state index contributed by atoms with van der Waals surface area (Å²) in [4.78, 5) is 29.6. The molecule has 3 aromatic carbocycles. The van der Waals surface area contributed by atoms with E-state index in [1.165, 1.54) is 29.7 Å². The molecule has 2 aromatic heterocycles. The Bertz CT molecular complexity index is 1470. The van der Waals surface area contributed by atoms with Crippen LogP contribution in [0.1, 0.15) is 5.56 Å². The highest BCUT2D eigenvalue weighted by atomic mass is 32.1. The van der Waals surface area contributed by atoms with E-state index >= 15 is 0 Å². The first-order chi connectivity index (χ1) is 15.2. The van der Waals surface area contributed by atoms with Crippen molar-refractivity contribution in [3.8, 4) is 16.3 Å². The highest BCUT2D eigenvalue weighted by Crippen LogP contribution is 2.30. The van der Waals surface area contributed by atoms with Gasteiger partial charge in [-0.3, -0.25) is 4.79 Å². The Morgan fingerprint density at radius 2 is 1.81 bits per heavy atom. The lowest BCUT2D eigenvalue weighted by atomic mass is 10.1. The molecular formula is C25H15NO4S. The van der Waals surface area contributed by atoms with Crippen LogP contribution in [0.4, 0.5) is 0 Å². The van der Waals surface area contributed by atoms with Crippen molar-refractivity contribution < 1.29 is 13.9 Å². The number of esters is 1. The maximum Gasteiger partial charge on any atom is 0.336 e. The second-order valence-corrected chi connectivity index (χ2v) is 7.82. The van der Waals surface area contributed by atoms with Gasteiger partial charge in [0.15, 0.2) is 0 Å². The van der Waals surface area contributed by atoms with E-state index in [9.17, 15) is 9.59 Å². The van der Waals surface area contributed by atoms with Crippen molar-refractivity contribution in [2.24, 2.45) is 0 Å². The third kappa shape index (κ3) is 3.89. The maximum atomic E-state index is 13.0. The second-order valence-electron chi connectivity index (χ2n) is 6.79. The molecule has 5 nitrogen and oxygen atoms in total. The average Bonchev–Trinajstić information content (AvgIpc) is 3.22. The molecule has 0 aliphatic carbocycles. The molecule has 0 saturated carbocycles. The zero-order valence-corrected chi connectivity index (χ0v) is 17.0. The van der Waals surface area contributed by atoms with Crippen LogP contribution in [0.15, 0.2) is 94.3 Å². The molecule has 5 aromatic rings. The summed E-state index contributed by atoms with van der Waals surface area (Å²) in [5.41, 5.74) is 2.30. The van der Waals surface area contributed by atoms with E-state index in [1.54, 1.807) is 18.2 Å². The van der Waals surface area contributed by atoms with Crippen molar-refractivity contribution in [2.45, 2.75) is 0 Å². The first-order valence-corrected chi connectivity index (χ1v) is 10.4. The predicted molar refractivity (Wildman–Crippen MR) is 122 cm³/mol. The molecule has 6 heteroatoms. The number of rotatable bonds is 4. The van der Waals surface area contributed by atoms with Gasteiger partial charge in [0, 0.05) is 12.1 Å². The molecule has 0 radical (unpaired) electrons. The van der Waals surface area contributed by atoms with E-state index in [2.05, 4.69) is 4.98 Å². The lowest BCUT2D eigenvalue weighted by Gasteiger charge is -2.04. The van der Waals surface area contributed by atoms with Gasteiger partial charge in [0.1, 0.15) is 22.6 Å². The lowest BCUT2D eigenvalue weighted by molar-refractivity contribution is -0.128. The molecule has 0 saturated heterocycles. The summed E-state index contributed by atoms with van der Waals surface area (Å²) in [6.45, 7) is 0. The molecule has 0 N–H and O–H groups in total. The van der Waals surface area contributed by atoms with Crippen LogP contribution in [-0.2, 0) is 4.79 Å². The molecule has 0 amide bonds. The Balaban J connectivity index is 1.42. The van der Waals surface area contributed by atoms with Gasteiger partial charge in [-0.1, -0.05) is 42.5 Å². The summed E-state index contributed by atoms with van der Waals surface area (Å²) >= 11 is 1.44. The fourth-order valence-electron chi connectivity index (χ4n) is 3.19. The van der Waals surface area contributed by atoms with Gasteiger partial charge in [0.25, 0.3) is 0 Å². The third-order valence-electron chi connectivity index (χ3n) is 4.70. The summed E-state index contributed by atoms with van der Waals surface area (Å²) in [7, 11) is 0. The van der Waals surface area contributed by atoms with Crippen molar-refractivity contribution in [1.82, 2.24) is 4.98 Å². The van der Waals surface area contributed by atoms with Crippen molar-refractivity contribution in [1.29, 1.82) is 0 Å². The van der Waals surface area contributed by atoms with Gasteiger partial charge in [0.2, 0.25) is 5.43 Å². The molecule has 31 heavy (non-hydrogen) atoms. The molecule has 0 aliphatic rings. The number of thiazole rings is 1. The molecule has 2 heterocycles. The zero-order chi connectivity index (χ0) is 21.2. The van der Waals surface area contributed by atoms with Crippen LogP contribution in [0.2, 0.25) is 0 Å². The predicted octanol–water partition coefficient (Wildman–Crippen LogP) is 5.69. The van der Waals surface area contributed by atoms with Crippen LogP contribution in [-0.4, -0.2) is 11.0 Å². The van der Waals surface area contributed by atoms with Crippen molar-refractivity contribution in [3.63, 3.8) is 0 Å². The number of carbonyl (C=O) groups excluding carboxylic acids is 1. The minimum absolute atomic E-state index is 0.179. The van der Waals surface area contributed by atoms with Crippen molar-refractivity contribution in [3.05, 3.63) is 101 Å². The van der Waals surface area contributed by atoms with Gasteiger partial charge in [-0.2, -0.15) is 0 Å². The number of benzene rings is 3. The minimum atomic E-state index is -0.517. The first kappa shape index (κ1) is 19.0. The van der Waals surface area contributed by atoms with Gasteiger partial charge in [-0.05, 0) is 35.9 Å². The van der Waals surface area contributed by atoms with Crippen LogP contribution in [0, 0.1) is 0 Å².